The van der Waals surface area contributed by atoms with Crippen LogP contribution in [-0.4, -0.2) is 49.5 Å². The van der Waals surface area contributed by atoms with Gasteiger partial charge in [-0.2, -0.15) is 0 Å². The highest BCUT2D eigenvalue weighted by atomic mass is 16.6. The molecule has 1 aromatic rings. The van der Waals surface area contributed by atoms with Crippen LogP contribution in [0.4, 0.5) is 11.4 Å². The molecule has 0 saturated heterocycles. The summed E-state index contributed by atoms with van der Waals surface area (Å²) < 4.78 is 10.1. The number of methoxy groups -OCH3 is 1. The Balaban J connectivity index is 2.51. The summed E-state index contributed by atoms with van der Waals surface area (Å²) in [6, 6.07) is 3.71. The highest BCUT2D eigenvalue weighted by Gasteiger charge is 2.15. The number of carboxylic acid groups (broad SMARTS) is 1. The summed E-state index contributed by atoms with van der Waals surface area (Å²) in [7, 11) is 1.59. The molecule has 0 aliphatic rings. The van der Waals surface area contributed by atoms with Gasteiger partial charge in [0.05, 0.1) is 23.7 Å². The molecule has 0 radical (unpaired) electrons. The van der Waals surface area contributed by atoms with Crippen LogP contribution in [0.15, 0.2) is 18.2 Å². The molecule has 21 heavy (non-hydrogen) atoms. The zero-order chi connectivity index (χ0) is 15.7. The summed E-state index contributed by atoms with van der Waals surface area (Å²) in [4.78, 5) is 21.1. The molecule has 8 heteroatoms. The summed E-state index contributed by atoms with van der Waals surface area (Å²) in [6.07, 6.45) is 0.680. The molecule has 0 heterocycles. The average molecular weight is 298 g/mol. The maximum atomic E-state index is 11.1. The molecule has 0 amide bonds. The highest BCUT2D eigenvalue weighted by Crippen LogP contribution is 2.22. The van der Waals surface area contributed by atoms with Crippen LogP contribution in [0.1, 0.15) is 16.8 Å². The molecule has 116 valence electrons. The van der Waals surface area contributed by atoms with E-state index >= 15 is 0 Å². The number of benzene rings is 1. The molecule has 0 saturated carbocycles. The van der Waals surface area contributed by atoms with E-state index in [1.165, 1.54) is 12.1 Å². The number of nitro groups is 1. The minimum absolute atomic E-state index is 0.121. The lowest BCUT2D eigenvalue weighted by Gasteiger charge is -2.09. The van der Waals surface area contributed by atoms with Crippen molar-refractivity contribution in [2.75, 3.05) is 38.8 Å². The molecule has 0 bridgehead atoms. The fourth-order valence-corrected chi connectivity index (χ4v) is 1.62. The molecule has 8 nitrogen and oxygen atoms in total. The molecular weight excluding hydrogens is 280 g/mol. The molecular formula is C13H18N2O6. The Kier molecular flexibility index (Phi) is 7.13. The summed E-state index contributed by atoms with van der Waals surface area (Å²) in [5.41, 5.74) is -0.0182. The van der Waals surface area contributed by atoms with Crippen molar-refractivity contribution in [1.82, 2.24) is 0 Å². The fraction of sp³-hybridized carbons (Fsp3) is 0.462. The van der Waals surface area contributed by atoms with Gasteiger partial charge in [0.1, 0.15) is 0 Å². The fourth-order valence-electron chi connectivity index (χ4n) is 1.62. The van der Waals surface area contributed by atoms with E-state index in [9.17, 15) is 14.9 Å². The van der Waals surface area contributed by atoms with Crippen molar-refractivity contribution in [3.63, 3.8) is 0 Å². The van der Waals surface area contributed by atoms with Gasteiger partial charge in [0.25, 0.3) is 5.69 Å². The summed E-state index contributed by atoms with van der Waals surface area (Å²) in [5.74, 6) is -1.21. The van der Waals surface area contributed by atoms with E-state index in [-0.39, 0.29) is 11.3 Å². The Labute approximate surface area is 121 Å². The number of ether oxygens (including phenoxy) is 2. The van der Waals surface area contributed by atoms with Crippen LogP contribution in [0.3, 0.4) is 0 Å². The van der Waals surface area contributed by atoms with Crippen molar-refractivity contribution in [3.05, 3.63) is 33.9 Å². The average Bonchev–Trinajstić information content (AvgIpc) is 2.46. The van der Waals surface area contributed by atoms with E-state index < -0.39 is 10.9 Å². The summed E-state index contributed by atoms with van der Waals surface area (Å²) in [6.45, 7) is 2.06. The number of aromatic carboxylic acids is 1. The Morgan fingerprint density at radius 3 is 2.76 bits per heavy atom. The van der Waals surface area contributed by atoms with Gasteiger partial charge in [0.2, 0.25) is 0 Å². The monoisotopic (exact) mass is 298 g/mol. The van der Waals surface area contributed by atoms with Gasteiger partial charge in [-0.3, -0.25) is 10.1 Å². The normalized spacial score (nSPS) is 10.3. The van der Waals surface area contributed by atoms with E-state index in [0.29, 0.717) is 38.5 Å². The van der Waals surface area contributed by atoms with Crippen LogP contribution in [0.25, 0.3) is 0 Å². The van der Waals surface area contributed by atoms with Crippen molar-refractivity contribution in [1.29, 1.82) is 0 Å². The number of carbonyl (C=O) groups is 1. The summed E-state index contributed by atoms with van der Waals surface area (Å²) in [5, 5.41) is 22.6. The minimum atomic E-state index is -1.21. The van der Waals surface area contributed by atoms with E-state index in [2.05, 4.69) is 5.32 Å². The van der Waals surface area contributed by atoms with Crippen LogP contribution in [-0.2, 0) is 9.47 Å². The number of hydrogen-bond donors (Lipinski definition) is 2. The molecule has 1 rings (SSSR count). The van der Waals surface area contributed by atoms with E-state index in [1.807, 2.05) is 0 Å². The van der Waals surface area contributed by atoms with Crippen molar-refractivity contribution in [3.8, 4) is 0 Å². The van der Waals surface area contributed by atoms with Crippen LogP contribution in [0, 0.1) is 10.1 Å². The zero-order valence-corrected chi connectivity index (χ0v) is 11.7. The molecule has 0 atom stereocenters. The Morgan fingerprint density at radius 2 is 2.14 bits per heavy atom. The Morgan fingerprint density at radius 1 is 1.38 bits per heavy atom. The molecule has 0 spiro atoms. The quantitative estimate of drug-likeness (QED) is 0.384. The first-order valence-electron chi connectivity index (χ1n) is 6.38. The second-order valence-electron chi connectivity index (χ2n) is 4.18. The standard InChI is InChI=1S/C13H18N2O6/c1-20-7-8-21-6-2-5-14-12-4-3-10(15(18)19)9-11(12)13(16)17/h3-4,9,14H,2,5-8H2,1H3,(H,16,17). The van der Waals surface area contributed by atoms with Gasteiger partial charge >= 0.3 is 5.97 Å². The van der Waals surface area contributed by atoms with Crippen LogP contribution >= 0.6 is 0 Å². The lowest BCUT2D eigenvalue weighted by atomic mass is 10.1. The number of hydrogen-bond acceptors (Lipinski definition) is 6. The van der Waals surface area contributed by atoms with Gasteiger partial charge < -0.3 is 19.9 Å². The van der Waals surface area contributed by atoms with Crippen molar-refractivity contribution >= 4 is 17.3 Å². The topological polar surface area (TPSA) is 111 Å². The Bertz CT molecular complexity index is 492. The first kappa shape index (κ1) is 16.9. The van der Waals surface area contributed by atoms with E-state index in [4.69, 9.17) is 14.6 Å². The van der Waals surface area contributed by atoms with Gasteiger partial charge in [0.15, 0.2) is 0 Å². The minimum Gasteiger partial charge on any atom is -0.478 e. The molecule has 0 aliphatic heterocycles. The molecule has 1 aromatic carbocycles. The summed E-state index contributed by atoms with van der Waals surface area (Å²) >= 11 is 0. The lowest BCUT2D eigenvalue weighted by Crippen LogP contribution is -2.11. The second-order valence-corrected chi connectivity index (χ2v) is 4.18. The van der Waals surface area contributed by atoms with Crippen molar-refractivity contribution in [2.24, 2.45) is 0 Å². The van der Waals surface area contributed by atoms with Crippen LogP contribution in [0.2, 0.25) is 0 Å². The predicted molar refractivity (Wildman–Crippen MR) is 75.9 cm³/mol. The smallest absolute Gasteiger partial charge is 0.338 e. The van der Waals surface area contributed by atoms with Crippen molar-refractivity contribution < 1.29 is 24.3 Å². The number of carboxylic acids is 1. The third kappa shape index (κ3) is 5.76. The number of non-ortho nitro benzene ring substituents is 1. The largest absolute Gasteiger partial charge is 0.478 e. The third-order valence-corrected chi connectivity index (χ3v) is 2.66. The van der Waals surface area contributed by atoms with Gasteiger partial charge in [-0.25, -0.2) is 4.79 Å². The molecule has 0 aliphatic carbocycles. The van der Waals surface area contributed by atoms with Gasteiger partial charge in [-0.1, -0.05) is 0 Å². The predicted octanol–water partition coefficient (Wildman–Crippen LogP) is 1.76. The van der Waals surface area contributed by atoms with E-state index in [0.717, 1.165) is 6.07 Å². The lowest BCUT2D eigenvalue weighted by molar-refractivity contribution is -0.384. The van der Waals surface area contributed by atoms with Crippen LogP contribution in [0.5, 0.6) is 0 Å². The van der Waals surface area contributed by atoms with Crippen molar-refractivity contribution in [2.45, 2.75) is 6.42 Å². The molecule has 0 fully saturated rings. The molecule has 0 aromatic heterocycles. The van der Waals surface area contributed by atoms with Gasteiger partial charge in [-0.05, 0) is 12.5 Å². The zero-order valence-electron chi connectivity index (χ0n) is 11.7. The first-order chi connectivity index (χ1) is 10.1. The number of rotatable bonds is 10. The third-order valence-electron chi connectivity index (χ3n) is 2.66. The van der Waals surface area contributed by atoms with Gasteiger partial charge in [-0.15, -0.1) is 0 Å². The SMILES string of the molecule is COCCOCCCNc1ccc([N+](=O)[O-])cc1C(=O)O. The first-order valence-corrected chi connectivity index (χ1v) is 6.38. The maximum Gasteiger partial charge on any atom is 0.338 e. The highest BCUT2D eigenvalue weighted by molar-refractivity contribution is 5.95. The van der Waals surface area contributed by atoms with E-state index in [1.54, 1.807) is 7.11 Å². The van der Waals surface area contributed by atoms with Crippen LogP contribution < -0.4 is 5.32 Å². The maximum absolute atomic E-state index is 11.1. The van der Waals surface area contributed by atoms with Gasteiger partial charge in [0, 0.05) is 38.1 Å². The number of nitrogens with one attached hydrogen (secondary N) is 1. The number of nitrogens with zero attached hydrogens (tertiary/aromatic N) is 1. The number of anilines is 1. The Hall–Kier alpha value is -2.19. The molecule has 2 N–H and O–H groups in total. The number of nitro benzene ring substituents is 1. The molecule has 0 unspecified atom stereocenters. The second kappa shape index (κ2) is 8.88.